The molecule has 0 saturated heterocycles. The highest BCUT2D eigenvalue weighted by molar-refractivity contribution is 5.91. The summed E-state index contributed by atoms with van der Waals surface area (Å²) in [5.74, 6) is 0.554. The zero-order chi connectivity index (χ0) is 21.2. The first kappa shape index (κ1) is 21.0. The molecule has 29 heavy (non-hydrogen) atoms. The number of methoxy groups -OCH3 is 2. The van der Waals surface area contributed by atoms with Gasteiger partial charge in [-0.1, -0.05) is 18.2 Å². The fourth-order valence-electron chi connectivity index (χ4n) is 3.33. The molecule has 8 heteroatoms. The van der Waals surface area contributed by atoms with Crippen LogP contribution >= 0.6 is 0 Å². The maximum atomic E-state index is 13.0. The number of amides is 1. The number of rotatable bonds is 7. The van der Waals surface area contributed by atoms with Crippen LogP contribution in [0, 0.1) is 0 Å². The van der Waals surface area contributed by atoms with Gasteiger partial charge in [-0.2, -0.15) is 13.2 Å². The van der Waals surface area contributed by atoms with Crippen molar-refractivity contribution in [3.63, 3.8) is 0 Å². The zero-order valence-electron chi connectivity index (χ0n) is 16.0. The van der Waals surface area contributed by atoms with Gasteiger partial charge in [0.1, 0.15) is 11.5 Å². The minimum Gasteiger partial charge on any atom is -0.497 e. The first-order valence-corrected chi connectivity index (χ1v) is 9.07. The van der Waals surface area contributed by atoms with Gasteiger partial charge < -0.3 is 19.9 Å². The minimum absolute atomic E-state index is 0.108. The molecule has 1 amide bonds. The quantitative estimate of drug-likeness (QED) is 0.733. The number of halogens is 3. The van der Waals surface area contributed by atoms with Crippen molar-refractivity contribution in [2.75, 3.05) is 20.8 Å². The van der Waals surface area contributed by atoms with Crippen molar-refractivity contribution in [3.05, 3.63) is 59.2 Å². The van der Waals surface area contributed by atoms with Crippen LogP contribution in [0.15, 0.2) is 42.5 Å². The Morgan fingerprint density at radius 1 is 1.17 bits per heavy atom. The molecule has 1 aliphatic carbocycles. The minimum atomic E-state index is -4.47. The summed E-state index contributed by atoms with van der Waals surface area (Å²) in [6.45, 7) is -0.108. The molecule has 5 nitrogen and oxygen atoms in total. The van der Waals surface area contributed by atoms with Crippen molar-refractivity contribution in [2.24, 2.45) is 0 Å². The normalized spacial score (nSPS) is 16.1. The lowest BCUT2D eigenvalue weighted by atomic mass is 9.93. The average molecular weight is 409 g/mol. The highest BCUT2D eigenvalue weighted by Crippen LogP contribution is 2.49. The van der Waals surface area contributed by atoms with E-state index >= 15 is 0 Å². The molecule has 1 fully saturated rings. The lowest BCUT2D eigenvalue weighted by Gasteiger charge is -2.20. The van der Waals surface area contributed by atoms with E-state index in [1.165, 1.54) is 26.4 Å². The molecule has 3 rings (SSSR count). The Morgan fingerprint density at radius 2 is 1.90 bits per heavy atom. The number of aliphatic hydroxyl groups is 1. The second-order valence-electron chi connectivity index (χ2n) is 6.99. The molecule has 0 radical (unpaired) electrons. The molecule has 1 unspecified atom stereocenters. The Balaban J connectivity index is 1.73. The van der Waals surface area contributed by atoms with E-state index in [0.29, 0.717) is 35.5 Å². The largest absolute Gasteiger partial charge is 0.497 e. The van der Waals surface area contributed by atoms with Gasteiger partial charge >= 0.3 is 6.18 Å². The molecule has 0 heterocycles. The average Bonchev–Trinajstić information content (AvgIpc) is 3.53. The van der Waals surface area contributed by atoms with E-state index in [9.17, 15) is 23.1 Å². The van der Waals surface area contributed by atoms with Crippen molar-refractivity contribution in [1.82, 2.24) is 5.32 Å². The summed E-state index contributed by atoms with van der Waals surface area (Å²) in [6, 6.07) is 9.77. The molecule has 2 aromatic rings. The maximum absolute atomic E-state index is 13.0. The number of carbonyl (C=O) groups excluding carboxylic acids is 1. The lowest BCUT2D eigenvalue weighted by molar-refractivity contribution is -0.137. The third-order valence-electron chi connectivity index (χ3n) is 5.18. The number of hydrogen-bond donors (Lipinski definition) is 2. The standard InChI is InChI=1S/C21H22F3NO4/c1-28-15-6-7-18(29-2)16(11-15)17(26)12-25-19(27)20(8-9-20)13-4-3-5-14(10-13)21(22,23)24/h3-7,10-11,17,26H,8-9,12H2,1-2H3,(H,25,27). The number of benzene rings is 2. The van der Waals surface area contributed by atoms with Crippen molar-refractivity contribution in [2.45, 2.75) is 30.5 Å². The summed E-state index contributed by atoms with van der Waals surface area (Å²) < 4.78 is 49.4. The van der Waals surface area contributed by atoms with Crippen LogP contribution in [0.2, 0.25) is 0 Å². The van der Waals surface area contributed by atoms with E-state index in [1.807, 2.05) is 0 Å². The molecular formula is C21H22F3NO4. The number of hydrogen-bond acceptors (Lipinski definition) is 4. The van der Waals surface area contributed by atoms with E-state index in [1.54, 1.807) is 18.2 Å². The molecule has 1 aliphatic rings. The lowest BCUT2D eigenvalue weighted by Crippen LogP contribution is -2.37. The second kappa shape index (κ2) is 7.94. The Kier molecular flexibility index (Phi) is 5.75. The van der Waals surface area contributed by atoms with Crippen molar-refractivity contribution in [3.8, 4) is 11.5 Å². The van der Waals surface area contributed by atoms with Crippen LogP contribution in [0.25, 0.3) is 0 Å². The van der Waals surface area contributed by atoms with Crippen LogP contribution in [0.1, 0.15) is 35.6 Å². The first-order chi connectivity index (χ1) is 13.7. The van der Waals surface area contributed by atoms with Crippen LogP contribution in [-0.4, -0.2) is 31.8 Å². The summed E-state index contributed by atoms with van der Waals surface area (Å²) in [5, 5.41) is 13.2. The highest BCUT2D eigenvalue weighted by atomic mass is 19.4. The Bertz CT molecular complexity index is 894. The predicted molar refractivity (Wildman–Crippen MR) is 99.9 cm³/mol. The van der Waals surface area contributed by atoms with Crippen LogP contribution in [0.5, 0.6) is 11.5 Å². The number of ether oxygens (including phenoxy) is 2. The number of nitrogens with one attached hydrogen (secondary N) is 1. The highest BCUT2D eigenvalue weighted by Gasteiger charge is 2.51. The van der Waals surface area contributed by atoms with Crippen molar-refractivity contribution < 1.29 is 32.5 Å². The van der Waals surface area contributed by atoms with Gasteiger partial charge in [0.15, 0.2) is 0 Å². The monoisotopic (exact) mass is 409 g/mol. The topological polar surface area (TPSA) is 67.8 Å². The van der Waals surface area contributed by atoms with Gasteiger partial charge in [-0.15, -0.1) is 0 Å². The van der Waals surface area contributed by atoms with E-state index in [4.69, 9.17) is 9.47 Å². The van der Waals surface area contributed by atoms with Gasteiger partial charge in [-0.25, -0.2) is 0 Å². The van der Waals surface area contributed by atoms with Crippen LogP contribution < -0.4 is 14.8 Å². The van der Waals surface area contributed by atoms with Crippen LogP contribution in [0.3, 0.4) is 0 Å². The van der Waals surface area contributed by atoms with E-state index in [-0.39, 0.29) is 6.54 Å². The van der Waals surface area contributed by atoms with Crippen LogP contribution in [0.4, 0.5) is 13.2 Å². The van der Waals surface area contributed by atoms with Gasteiger partial charge in [0, 0.05) is 12.1 Å². The summed E-state index contributed by atoms with van der Waals surface area (Å²) in [7, 11) is 2.95. The van der Waals surface area contributed by atoms with Crippen molar-refractivity contribution in [1.29, 1.82) is 0 Å². The number of aliphatic hydroxyl groups excluding tert-OH is 1. The first-order valence-electron chi connectivity index (χ1n) is 9.07. The van der Waals surface area contributed by atoms with Gasteiger partial charge in [0.05, 0.1) is 31.3 Å². The van der Waals surface area contributed by atoms with E-state index in [2.05, 4.69) is 5.32 Å². The molecule has 2 aromatic carbocycles. The van der Waals surface area contributed by atoms with E-state index < -0.39 is 29.2 Å². The molecule has 2 N–H and O–H groups in total. The van der Waals surface area contributed by atoms with Gasteiger partial charge in [0.2, 0.25) is 5.91 Å². The Labute approximate surface area is 166 Å². The summed E-state index contributed by atoms with van der Waals surface area (Å²) in [5.41, 5.74) is -0.996. The Hall–Kier alpha value is -2.74. The van der Waals surface area contributed by atoms with E-state index in [0.717, 1.165) is 12.1 Å². The number of carbonyl (C=O) groups is 1. The van der Waals surface area contributed by atoms with Crippen molar-refractivity contribution >= 4 is 5.91 Å². The second-order valence-corrected chi connectivity index (χ2v) is 6.99. The molecule has 0 bridgehead atoms. The zero-order valence-corrected chi connectivity index (χ0v) is 16.0. The SMILES string of the molecule is COc1ccc(OC)c(C(O)CNC(=O)C2(c3cccc(C(F)(F)F)c3)CC2)c1. The van der Waals surface area contributed by atoms with Gasteiger partial charge in [-0.05, 0) is 42.7 Å². The molecule has 1 saturated carbocycles. The molecule has 156 valence electrons. The Morgan fingerprint density at radius 3 is 2.48 bits per heavy atom. The molecule has 1 atom stereocenters. The smallest absolute Gasteiger partial charge is 0.416 e. The number of alkyl halides is 3. The molecular weight excluding hydrogens is 387 g/mol. The van der Waals surface area contributed by atoms with Crippen LogP contribution in [-0.2, 0) is 16.4 Å². The fraction of sp³-hybridized carbons (Fsp3) is 0.381. The molecule has 0 spiro atoms. The summed E-state index contributed by atoms with van der Waals surface area (Å²) >= 11 is 0. The molecule has 0 aromatic heterocycles. The fourth-order valence-corrected chi connectivity index (χ4v) is 3.33. The van der Waals surface area contributed by atoms with Gasteiger partial charge in [-0.3, -0.25) is 4.79 Å². The predicted octanol–water partition coefficient (Wildman–Crippen LogP) is 3.60. The summed E-state index contributed by atoms with van der Waals surface area (Å²) in [6.07, 6.45) is -4.62. The third kappa shape index (κ3) is 4.32. The summed E-state index contributed by atoms with van der Waals surface area (Å²) in [4.78, 5) is 12.7. The molecule has 0 aliphatic heterocycles. The maximum Gasteiger partial charge on any atom is 0.416 e. The van der Waals surface area contributed by atoms with Gasteiger partial charge in [0.25, 0.3) is 0 Å². The third-order valence-corrected chi connectivity index (χ3v) is 5.18.